The molecule has 0 fully saturated rings. The van der Waals surface area contributed by atoms with Gasteiger partial charge < -0.3 is 14.8 Å². The number of ether oxygens (including phenoxy) is 2. The van der Waals surface area contributed by atoms with Crippen LogP contribution in [0, 0.1) is 0 Å². The van der Waals surface area contributed by atoms with Gasteiger partial charge in [0.2, 0.25) is 0 Å². The van der Waals surface area contributed by atoms with E-state index < -0.39 is 11.9 Å². The van der Waals surface area contributed by atoms with E-state index >= 15 is 0 Å². The third-order valence-corrected chi connectivity index (χ3v) is 6.00. The monoisotopic (exact) mass is 432 g/mol. The highest BCUT2D eigenvalue weighted by Crippen LogP contribution is 2.45. The van der Waals surface area contributed by atoms with Crippen molar-refractivity contribution in [2.45, 2.75) is 51.6 Å². The van der Waals surface area contributed by atoms with E-state index in [0.29, 0.717) is 29.7 Å². The molecule has 1 aliphatic carbocycles. The fourth-order valence-corrected chi connectivity index (χ4v) is 4.58. The minimum atomic E-state index is -0.490. The zero-order valence-corrected chi connectivity index (χ0v) is 18.8. The van der Waals surface area contributed by atoms with Gasteiger partial charge >= 0.3 is 5.97 Å². The maximum atomic E-state index is 13.5. The smallest absolute Gasteiger partial charge is 0.337 e. The quantitative estimate of drug-likeness (QED) is 0.706. The molecule has 1 aromatic carbocycles. The van der Waals surface area contributed by atoms with E-state index in [1.165, 1.54) is 0 Å². The third kappa shape index (κ3) is 4.17. The van der Waals surface area contributed by atoms with Gasteiger partial charge in [-0.05, 0) is 62.4 Å². The first kappa shape index (κ1) is 21.8. The minimum absolute atomic E-state index is 0.0377. The fraction of sp³-hybridized carbons (Fsp3) is 0.346. The number of nitrogens with one attached hydrogen (secondary N) is 1. The molecule has 1 aliphatic heterocycles. The summed E-state index contributed by atoms with van der Waals surface area (Å²) in [6.07, 6.45) is 4.22. The van der Waals surface area contributed by atoms with Gasteiger partial charge in [0, 0.05) is 41.7 Å². The van der Waals surface area contributed by atoms with Gasteiger partial charge in [-0.3, -0.25) is 9.78 Å². The number of hydrogen-bond acceptors (Lipinski definition) is 6. The Balaban J connectivity index is 1.74. The predicted molar refractivity (Wildman–Crippen MR) is 121 cm³/mol. The van der Waals surface area contributed by atoms with Crippen molar-refractivity contribution < 1.29 is 19.1 Å². The van der Waals surface area contributed by atoms with Gasteiger partial charge in [-0.2, -0.15) is 0 Å². The van der Waals surface area contributed by atoms with Gasteiger partial charge in [-0.25, -0.2) is 4.79 Å². The Kier molecular flexibility index (Phi) is 6.12. The molecule has 166 valence electrons. The summed E-state index contributed by atoms with van der Waals surface area (Å²) >= 11 is 0. The second-order valence-electron chi connectivity index (χ2n) is 8.53. The molecule has 1 N–H and O–H groups in total. The summed E-state index contributed by atoms with van der Waals surface area (Å²) < 4.78 is 10.8. The van der Waals surface area contributed by atoms with Crippen LogP contribution in [0.2, 0.25) is 0 Å². The number of allylic oxidation sites excluding steroid dienone is 3. The lowest BCUT2D eigenvalue weighted by Gasteiger charge is -2.36. The first-order valence-electron chi connectivity index (χ1n) is 10.9. The van der Waals surface area contributed by atoms with Crippen LogP contribution in [0.4, 0.5) is 0 Å². The molecule has 32 heavy (non-hydrogen) atoms. The highest BCUT2D eigenvalue weighted by molar-refractivity contribution is 6.04. The fourth-order valence-electron chi connectivity index (χ4n) is 4.58. The van der Waals surface area contributed by atoms with Crippen LogP contribution >= 0.6 is 0 Å². The van der Waals surface area contributed by atoms with Gasteiger partial charge in [-0.15, -0.1) is 0 Å². The van der Waals surface area contributed by atoms with E-state index in [1.807, 2.05) is 57.2 Å². The average Bonchev–Trinajstić information content (AvgIpc) is 2.78. The molecule has 2 aromatic rings. The Bertz CT molecular complexity index is 1080. The van der Waals surface area contributed by atoms with Crippen molar-refractivity contribution in [1.82, 2.24) is 10.3 Å². The van der Waals surface area contributed by atoms with Crippen molar-refractivity contribution in [2.24, 2.45) is 0 Å². The summed E-state index contributed by atoms with van der Waals surface area (Å²) in [5, 5.41) is 3.37. The lowest BCUT2D eigenvalue weighted by Crippen LogP contribution is -2.36. The first-order chi connectivity index (χ1) is 15.4. The Labute approximate surface area is 188 Å². The van der Waals surface area contributed by atoms with Crippen LogP contribution in [-0.2, 0) is 14.3 Å². The number of aromatic nitrogens is 1. The van der Waals surface area contributed by atoms with Crippen molar-refractivity contribution in [3.63, 3.8) is 0 Å². The molecule has 6 nitrogen and oxygen atoms in total. The largest absolute Gasteiger partial charge is 0.497 e. The van der Waals surface area contributed by atoms with Crippen LogP contribution < -0.4 is 10.1 Å². The highest BCUT2D eigenvalue weighted by atomic mass is 16.5. The van der Waals surface area contributed by atoms with Gasteiger partial charge in [-0.1, -0.05) is 18.2 Å². The number of carbonyl (C=O) groups excluding carboxylic acids is 2. The maximum Gasteiger partial charge on any atom is 0.337 e. The first-order valence-corrected chi connectivity index (χ1v) is 10.9. The van der Waals surface area contributed by atoms with E-state index in [0.717, 1.165) is 22.6 Å². The molecule has 2 heterocycles. The summed E-state index contributed by atoms with van der Waals surface area (Å²) in [6, 6.07) is 11.6. The number of dihydropyridines is 1. The second-order valence-corrected chi connectivity index (χ2v) is 8.53. The predicted octanol–water partition coefficient (Wildman–Crippen LogP) is 4.40. The van der Waals surface area contributed by atoms with Crippen LogP contribution in [0.25, 0.3) is 0 Å². The zero-order chi connectivity index (χ0) is 22.8. The van der Waals surface area contributed by atoms with E-state index in [-0.39, 0.29) is 17.8 Å². The van der Waals surface area contributed by atoms with Crippen LogP contribution in [0.5, 0.6) is 5.75 Å². The molecule has 0 radical (unpaired) electrons. The van der Waals surface area contributed by atoms with E-state index in [4.69, 9.17) is 9.47 Å². The van der Waals surface area contributed by atoms with Crippen LogP contribution in [0.15, 0.2) is 71.3 Å². The number of hydrogen-bond donors (Lipinski definition) is 1. The van der Waals surface area contributed by atoms with Crippen molar-refractivity contribution in [2.75, 3.05) is 7.11 Å². The molecule has 2 aliphatic rings. The maximum absolute atomic E-state index is 13.5. The van der Waals surface area contributed by atoms with Gasteiger partial charge in [0.05, 0.1) is 18.8 Å². The van der Waals surface area contributed by atoms with Crippen LogP contribution in [-0.4, -0.2) is 30.0 Å². The third-order valence-electron chi connectivity index (χ3n) is 6.00. The second kappa shape index (κ2) is 8.99. The molecule has 0 unspecified atom stereocenters. The molecule has 0 amide bonds. The number of carbonyl (C=O) groups is 2. The molecule has 2 atom stereocenters. The number of nitrogens with zero attached hydrogens (tertiary/aromatic N) is 1. The van der Waals surface area contributed by atoms with Crippen molar-refractivity contribution in [3.05, 3.63) is 82.5 Å². The number of ketones is 1. The summed E-state index contributed by atoms with van der Waals surface area (Å²) in [7, 11) is 1.64. The highest BCUT2D eigenvalue weighted by Gasteiger charge is 2.41. The standard InChI is InChI=1S/C26H28N2O4/c1-15(2)32-26(30)23-16(3)28-21-12-19(17-7-9-20(31-4)10-8-17)13-22(29)25(21)24(23)18-6-5-11-27-14-18/h5-11,14-15,19,24,28H,12-13H2,1-4H3/t19-,24+/m1/s1. The number of pyridine rings is 1. The summed E-state index contributed by atoms with van der Waals surface area (Å²) in [4.78, 5) is 30.8. The Hall–Kier alpha value is -3.41. The van der Waals surface area contributed by atoms with Crippen molar-refractivity contribution >= 4 is 11.8 Å². The van der Waals surface area contributed by atoms with Gasteiger partial charge in [0.1, 0.15) is 5.75 Å². The molecule has 0 saturated heterocycles. The van der Waals surface area contributed by atoms with Gasteiger partial charge in [0.25, 0.3) is 0 Å². The summed E-state index contributed by atoms with van der Waals surface area (Å²) in [6.45, 7) is 5.50. The molecule has 4 rings (SSSR count). The zero-order valence-electron chi connectivity index (χ0n) is 18.8. The lowest BCUT2D eigenvalue weighted by molar-refractivity contribution is -0.143. The molecule has 6 heteroatoms. The number of benzene rings is 1. The normalized spacial score (nSPS) is 20.7. The average molecular weight is 433 g/mol. The minimum Gasteiger partial charge on any atom is -0.497 e. The van der Waals surface area contributed by atoms with Crippen LogP contribution in [0.1, 0.15) is 56.6 Å². The number of Topliss-reactive ketones (excluding diaryl/α,β-unsaturated/α-hetero) is 1. The summed E-state index contributed by atoms with van der Waals surface area (Å²) in [5.74, 6) is -0.0109. The SMILES string of the molecule is COc1ccc([C@H]2CC(=O)C3=C(C2)NC(C)=C(C(=O)OC(C)C)[C@@H]3c2cccnc2)cc1. The summed E-state index contributed by atoms with van der Waals surface area (Å²) in [5.41, 5.74) is 4.61. The Morgan fingerprint density at radius 2 is 1.88 bits per heavy atom. The molecule has 1 aromatic heterocycles. The van der Waals surface area contributed by atoms with Crippen molar-refractivity contribution in [3.8, 4) is 5.75 Å². The van der Waals surface area contributed by atoms with Crippen LogP contribution in [0.3, 0.4) is 0 Å². The lowest BCUT2D eigenvalue weighted by atomic mass is 9.72. The molecule has 0 bridgehead atoms. The van der Waals surface area contributed by atoms with Crippen molar-refractivity contribution in [1.29, 1.82) is 0 Å². The number of esters is 1. The molecular weight excluding hydrogens is 404 g/mol. The van der Waals surface area contributed by atoms with E-state index in [2.05, 4.69) is 10.3 Å². The Morgan fingerprint density at radius 1 is 1.12 bits per heavy atom. The van der Waals surface area contributed by atoms with Gasteiger partial charge in [0.15, 0.2) is 5.78 Å². The number of methoxy groups -OCH3 is 1. The van der Waals surface area contributed by atoms with E-state index in [1.54, 1.807) is 19.5 Å². The number of rotatable bonds is 5. The molecule has 0 spiro atoms. The topological polar surface area (TPSA) is 77.5 Å². The van der Waals surface area contributed by atoms with E-state index in [9.17, 15) is 9.59 Å². The molecular formula is C26H28N2O4. The Morgan fingerprint density at radius 3 is 2.50 bits per heavy atom. The molecule has 0 saturated carbocycles.